The van der Waals surface area contributed by atoms with E-state index in [-0.39, 0.29) is 18.1 Å². The third-order valence-corrected chi connectivity index (χ3v) is 1.88. The normalized spacial score (nSPS) is 12.9. The number of nitrogens with one attached hydrogen (secondary N) is 1. The van der Waals surface area contributed by atoms with Gasteiger partial charge in [0.15, 0.2) is 0 Å². The monoisotopic (exact) mass is 218 g/mol. The molecule has 0 bridgehead atoms. The first kappa shape index (κ1) is 14.3. The Morgan fingerprint density at radius 3 is 2.60 bits per heavy atom. The maximum Gasteiger partial charge on any atom is 0.222 e. The lowest BCUT2D eigenvalue weighted by molar-refractivity contribution is -0.123. The standard InChI is InChI=1S/C10H22N2O3/c1-8(2)15-5-4-12-10(13)6-9(7-11)14-3/h8-9H,4-7,11H2,1-3H3,(H,12,13). The highest BCUT2D eigenvalue weighted by molar-refractivity contribution is 5.76. The molecule has 0 aliphatic carbocycles. The van der Waals surface area contributed by atoms with Crippen LogP contribution >= 0.6 is 0 Å². The Morgan fingerprint density at radius 1 is 1.47 bits per heavy atom. The van der Waals surface area contributed by atoms with E-state index in [2.05, 4.69) is 5.32 Å². The van der Waals surface area contributed by atoms with Crippen LogP contribution in [0.2, 0.25) is 0 Å². The smallest absolute Gasteiger partial charge is 0.222 e. The molecule has 0 saturated heterocycles. The number of amides is 1. The third-order valence-electron chi connectivity index (χ3n) is 1.88. The van der Waals surface area contributed by atoms with E-state index in [1.54, 1.807) is 7.11 Å². The van der Waals surface area contributed by atoms with Gasteiger partial charge in [0.2, 0.25) is 5.91 Å². The van der Waals surface area contributed by atoms with Gasteiger partial charge in [-0.3, -0.25) is 4.79 Å². The average molecular weight is 218 g/mol. The number of methoxy groups -OCH3 is 1. The Bertz CT molecular complexity index is 170. The Balaban J connectivity index is 3.48. The van der Waals surface area contributed by atoms with Crippen LogP contribution in [0.3, 0.4) is 0 Å². The van der Waals surface area contributed by atoms with Gasteiger partial charge in [0.1, 0.15) is 0 Å². The van der Waals surface area contributed by atoms with E-state index in [9.17, 15) is 4.79 Å². The number of hydrogen-bond acceptors (Lipinski definition) is 4. The lowest BCUT2D eigenvalue weighted by atomic mass is 10.2. The molecular formula is C10H22N2O3. The summed E-state index contributed by atoms with van der Waals surface area (Å²) in [7, 11) is 1.55. The highest BCUT2D eigenvalue weighted by Gasteiger charge is 2.10. The van der Waals surface area contributed by atoms with Crippen LogP contribution in [0, 0.1) is 0 Å². The molecule has 5 nitrogen and oxygen atoms in total. The second kappa shape index (κ2) is 8.64. The van der Waals surface area contributed by atoms with Crippen LogP contribution in [0.4, 0.5) is 0 Å². The summed E-state index contributed by atoms with van der Waals surface area (Å²) < 4.78 is 10.3. The van der Waals surface area contributed by atoms with Gasteiger partial charge < -0.3 is 20.5 Å². The molecule has 90 valence electrons. The molecule has 0 aliphatic heterocycles. The fourth-order valence-corrected chi connectivity index (χ4v) is 1.03. The zero-order valence-corrected chi connectivity index (χ0v) is 9.79. The number of carbonyl (C=O) groups is 1. The van der Waals surface area contributed by atoms with Crippen molar-refractivity contribution in [1.82, 2.24) is 5.32 Å². The Kier molecular flexibility index (Phi) is 8.27. The van der Waals surface area contributed by atoms with Crippen LogP contribution in [-0.4, -0.2) is 44.9 Å². The molecule has 1 unspecified atom stereocenters. The van der Waals surface area contributed by atoms with Crippen LogP contribution < -0.4 is 11.1 Å². The minimum Gasteiger partial charge on any atom is -0.380 e. The number of ether oxygens (including phenoxy) is 2. The van der Waals surface area contributed by atoms with Crippen molar-refractivity contribution in [2.24, 2.45) is 5.73 Å². The molecule has 1 amide bonds. The molecule has 0 aromatic rings. The molecule has 0 aromatic carbocycles. The minimum absolute atomic E-state index is 0.0559. The number of nitrogens with two attached hydrogens (primary N) is 1. The molecule has 0 heterocycles. The summed E-state index contributed by atoms with van der Waals surface area (Å²) in [6.07, 6.45) is 0.294. The van der Waals surface area contributed by atoms with Crippen molar-refractivity contribution in [2.75, 3.05) is 26.8 Å². The summed E-state index contributed by atoms with van der Waals surface area (Å²) in [6.45, 7) is 5.32. The number of rotatable bonds is 8. The molecule has 5 heteroatoms. The molecule has 0 aliphatic rings. The van der Waals surface area contributed by atoms with Crippen LogP contribution in [-0.2, 0) is 14.3 Å². The van der Waals surface area contributed by atoms with E-state index < -0.39 is 0 Å². The first-order valence-electron chi connectivity index (χ1n) is 5.21. The lowest BCUT2D eigenvalue weighted by Gasteiger charge is -2.13. The van der Waals surface area contributed by atoms with Gasteiger partial charge in [-0.1, -0.05) is 0 Å². The zero-order valence-electron chi connectivity index (χ0n) is 9.79. The van der Waals surface area contributed by atoms with Crippen molar-refractivity contribution < 1.29 is 14.3 Å². The van der Waals surface area contributed by atoms with Crippen LogP contribution in [0.25, 0.3) is 0 Å². The molecule has 0 radical (unpaired) electrons. The van der Waals surface area contributed by atoms with E-state index in [1.807, 2.05) is 13.8 Å². The highest BCUT2D eigenvalue weighted by atomic mass is 16.5. The maximum atomic E-state index is 11.3. The molecule has 15 heavy (non-hydrogen) atoms. The second-order valence-corrected chi connectivity index (χ2v) is 3.57. The summed E-state index contributed by atoms with van der Waals surface area (Å²) in [5, 5.41) is 2.74. The lowest BCUT2D eigenvalue weighted by Crippen LogP contribution is -2.34. The van der Waals surface area contributed by atoms with E-state index in [0.717, 1.165) is 0 Å². The molecule has 0 fully saturated rings. The van der Waals surface area contributed by atoms with Gasteiger partial charge in [0.05, 0.1) is 25.2 Å². The summed E-state index contributed by atoms with van der Waals surface area (Å²) in [5.74, 6) is -0.0559. The van der Waals surface area contributed by atoms with E-state index >= 15 is 0 Å². The first-order valence-corrected chi connectivity index (χ1v) is 5.21. The molecule has 0 saturated carbocycles. The van der Waals surface area contributed by atoms with Crippen molar-refractivity contribution in [3.8, 4) is 0 Å². The van der Waals surface area contributed by atoms with Crippen molar-refractivity contribution in [2.45, 2.75) is 32.5 Å². The molecule has 0 spiro atoms. The average Bonchev–Trinajstić information content (AvgIpc) is 2.20. The summed E-state index contributed by atoms with van der Waals surface area (Å²) in [5.41, 5.74) is 5.40. The summed E-state index contributed by atoms with van der Waals surface area (Å²) in [6, 6.07) is 0. The molecule has 0 aromatic heterocycles. The first-order chi connectivity index (χ1) is 7.10. The summed E-state index contributed by atoms with van der Waals surface area (Å²) >= 11 is 0. The zero-order chi connectivity index (χ0) is 11.7. The number of carbonyl (C=O) groups excluding carboxylic acids is 1. The topological polar surface area (TPSA) is 73.6 Å². The minimum atomic E-state index is -0.198. The summed E-state index contributed by atoms with van der Waals surface area (Å²) in [4.78, 5) is 11.3. The van der Waals surface area contributed by atoms with Crippen LogP contribution in [0.15, 0.2) is 0 Å². The highest BCUT2D eigenvalue weighted by Crippen LogP contribution is 1.94. The van der Waals surface area contributed by atoms with E-state index in [1.165, 1.54) is 0 Å². The number of hydrogen-bond donors (Lipinski definition) is 2. The van der Waals surface area contributed by atoms with Gasteiger partial charge in [0.25, 0.3) is 0 Å². The van der Waals surface area contributed by atoms with Crippen LogP contribution in [0.5, 0.6) is 0 Å². The Hall–Kier alpha value is -0.650. The molecule has 0 rings (SSSR count). The van der Waals surface area contributed by atoms with Crippen LogP contribution in [0.1, 0.15) is 20.3 Å². The fourth-order valence-electron chi connectivity index (χ4n) is 1.03. The van der Waals surface area contributed by atoms with Crippen molar-refractivity contribution in [1.29, 1.82) is 0 Å². The van der Waals surface area contributed by atoms with E-state index in [0.29, 0.717) is 26.1 Å². The molecule has 1 atom stereocenters. The van der Waals surface area contributed by atoms with Gasteiger partial charge in [-0.25, -0.2) is 0 Å². The van der Waals surface area contributed by atoms with Gasteiger partial charge in [-0.2, -0.15) is 0 Å². The SMILES string of the molecule is COC(CN)CC(=O)NCCOC(C)C. The Labute approximate surface area is 91.3 Å². The van der Waals surface area contributed by atoms with Crippen molar-refractivity contribution in [3.63, 3.8) is 0 Å². The molecule has 3 N–H and O–H groups in total. The second-order valence-electron chi connectivity index (χ2n) is 3.57. The predicted octanol–water partition coefficient (Wildman–Crippen LogP) is -0.109. The van der Waals surface area contributed by atoms with Crippen molar-refractivity contribution >= 4 is 5.91 Å². The van der Waals surface area contributed by atoms with Gasteiger partial charge in [-0.15, -0.1) is 0 Å². The molecular weight excluding hydrogens is 196 g/mol. The quantitative estimate of drug-likeness (QED) is 0.558. The Morgan fingerprint density at radius 2 is 2.13 bits per heavy atom. The predicted molar refractivity (Wildman–Crippen MR) is 58.6 cm³/mol. The largest absolute Gasteiger partial charge is 0.380 e. The van der Waals surface area contributed by atoms with Gasteiger partial charge in [-0.05, 0) is 13.8 Å². The van der Waals surface area contributed by atoms with Gasteiger partial charge in [0, 0.05) is 20.2 Å². The third kappa shape index (κ3) is 8.35. The van der Waals surface area contributed by atoms with E-state index in [4.69, 9.17) is 15.2 Å². The van der Waals surface area contributed by atoms with Crippen molar-refractivity contribution in [3.05, 3.63) is 0 Å². The fraction of sp³-hybridized carbons (Fsp3) is 0.900. The maximum absolute atomic E-state index is 11.3. The van der Waals surface area contributed by atoms with Gasteiger partial charge >= 0.3 is 0 Å².